The lowest BCUT2D eigenvalue weighted by Gasteiger charge is -2.35. The zero-order valence-electron chi connectivity index (χ0n) is 14.5. The molecular formula is C17H34N2O. The van der Waals surface area contributed by atoms with E-state index in [1.165, 1.54) is 0 Å². The molecule has 3 nitrogen and oxygen atoms in total. The van der Waals surface area contributed by atoms with E-state index < -0.39 is 0 Å². The van der Waals surface area contributed by atoms with Crippen molar-refractivity contribution in [1.82, 2.24) is 10.2 Å². The van der Waals surface area contributed by atoms with Crippen LogP contribution in [0.1, 0.15) is 60.8 Å². The Bertz CT molecular complexity index is 325. The van der Waals surface area contributed by atoms with Crippen LogP contribution < -0.4 is 5.32 Å². The molecular weight excluding hydrogens is 248 g/mol. The molecule has 1 aliphatic rings. The molecule has 1 fully saturated rings. The maximum Gasteiger partial charge on any atom is 0.222 e. The predicted octanol–water partition coefficient (Wildman–Crippen LogP) is 3.30. The molecule has 0 spiro atoms. The molecule has 2 atom stereocenters. The van der Waals surface area contributed by atoms with E-state index in [0.717, 1.165) is 25.9 Å². The molecule has 2 unspecified atom stereocenters. The van der Waals surface area contributed by atoms with Crippen LogP contribution in [0.3, 0.4) is 0 Å². The Morgan fingerprint density at radius 1 is 1.20 bits per heavy atom. The first-order valence-corrected chi connectivity index (χ1v) is 8.00. The lowest BCUT2D eigenvalue weighted by atomic mass is 9.76. The van der Waals surface area contributed by atoms with Crippen LogP contribution in [-0.2, 0) is 4.79 Å². The standard InChI is InChI=1S/C17H34N2O/c1-16(2,3)13-8-9-15(20)19(11-10-13)12-14(18-7)17(4,5)6/h13-14,18H,8-12H2,1-7H3. The highest BCUT2D eigenvalue weighted by molar-refractivity contribution is 5.76. The van der Waals surface area contributed by atoms with Gasteiger partial charge in [0.15, 0.2) is 0 Å². The van der Waals surface area contributed by atoms with E-state index in [-0.39, 0.29) is 5.41 Å². The van der Waals surface area contributed by atoms with Gasteiger partial charge >= 0.3 is 0 Å². The minimum atomic E-state index is 0.171. The average Bonchev–Trinajstić information content (AvgIpc) is 2.46. The number of nitrogens with one attached hydrogen (secondary N) is 1. The third-order valence-electron chi connectivity index (χ3n) is 4.83. The van der Waals surface area contributed by atoms with Gasteiger partial charge in [0.25, 0.3) is 0 Å². The molecule has 1 heterocycles. The Balaban J connectivity index is 2.70. The number of hydrogen-bond donors (Lipinski definition) is 1. The summed E-state index contributed by atoms with van der Waals surface area (Å²) in [6.45, 7) is 15.3. The fourth-order valence-electron chi connectivity index (χ4n) is 3.11. The van der Waals surface area contributed by atoms with Crippen LogP contribution in [0, 0.1) is 16.7 Å². The van der Waals surface area contributed by atoms with E-state index in [0.29, 0.717) is 29.7 Å². The minimum absolute atomic E-state index is 0.171. The third-order valence-corrected chi connectivity index (χ3v) is 4.83. The van der Waals surface area contributed by atoms with Gasteiger partial charge in [0, 0.05) is 25.6 Å². The highest BCUT2D eigenvalue weighted by Crippen LogP contribution is 2.34. The van der Waals surface area contributed by atoms with Crippen molar-refractivity contribution in [1.29, 1.82) is 0 Å². The lowest BCUT2D eigenvalue weighted by molar-refractivity contribution is -0.131. The van der Waals surface area contributed by atoms with E-state index >= 15 is 0 Å². The highest BCUT2D eigenvalue weighted by atomic mass is 16.2. The Kier molecular flexibility index (Phi) is 5.65. The van der Waals surface area contributed by atoms with Crippen LogP contribution in [0.2, 0.25) is 0 Å². The quantitative estimate of drug-likeness (QED) is 0.861. The fraction of sp³-hybridized carbons (Fsp3) is 0.941. The molecule has 0 aliphatic carbocycles. The monoisotopic (exact) mass is 282 g/mol. The van der Waals surface area contributed by atoms with E-state index in [9.17, 15) is 4.79 Å². The van der Waals surface area contributed by atoms with E-state index in [4.69, 9.17) is 0 Å². The molecule has 1 rings (SSSR count). The maximum atomic E-state index is 12.4. The van der Waals surface area contributed by atoms with E-state index in [1.807, 2.05) is 7.05 Å². The summed E-state index contributed by atoms with van der Waals surface area (Å²) in [6, 6.07) is 0.345. The molecule has 0 radical (unpaired) electrons. The van der Waals surface area contributed by atoms with Gasteiger partial charge in [0.05, 0.1) is 0 Å². The number of likely N-dealkylation sites (tertiary alicyclic amines) is 1. The summed E-state index contributed by atoms with van der Waals surface area (Å²) in [5, 5.41) is 3.38. The Morgan fingerprint density at radius 2 is 1.80 bits per heavy atom. The Labute approximate surface area is 125 Å². The van der Waals surface area contributed by atoms with Crippen molar-refractivity contribution in [3.63, 3.8) is 0 Å². The van der Waals surface area contributed by atoms with Crippen molar-refractivity contribution in [2.24, 2.45) is 16.7 Å². The number of likely N-dealkylation sites (N-methyl/N-ethyl adjacent to an activating group) is 1. The second-order valence-corrected chi connectivity index (χ2v) is 8.44. The molecule has 20 heavy (non-hydrogen) atoms. The Hall–Kier alpha value is -0.570. The van der Waals surface area contributed by atoms with Gasteiger partial charge in [0.2, 0.25) is 5.91 Å². The molecule has 1 N–H and O–H groups in total. The zero-order chi connectivity index (χ0) is 15.6. The minimum Gasteiger partial charge on any atom is -0.341 e. The first-order valence-electron chi connectivity index (χ1n) is 8.00. The summed E-state index contributed by atoms with van der Waals surface area (Å²) in [6.07, 6.45) is 2.89. The second-order valence-electron chi connectivity index (χ2n) is 8.44. The van der Waals surface area contributed by atoms with Crippen molar-refractivity contribution in [3.05, 3.63) is 0 Å². The summed E-state index contributed by atoms with van der Waals surface area (Å²) in [4.78, 5) is 14.4. The second kappa shape index (κ2) is 6.46. The normalized spacial score (nSPS) is 23.6. The number of carbonyl (C=O) groups excluding carboxylic acids is 1. The van der Waals surface area contributed by atoms with Gasteiger partial charge in [-0.05, 0) is 36.6 Å². The molecule has 1 saturated heterocycles. The number of amides is 1. The van der Waals surface area contributed by atoms with Gasteiger partial charge in [-0.25, -0.2) is 0 Å². The molecule has 1 amide bonds. The first-order chi connectivity index (χ1) is 9.05. The molecule has 0 saturated carbocycles. The number of rotatable bonds is 3. The summed E-state index contributed by atoms with van der Waals surface area (Å²) in [7, 11) is 2.00. The van der Waals surface area contributed by atoms with Crippen LogP contribution in [0.25, 0.3) is 0 Å². The van der Waals surface area contributed by atoms with Crippen LogP contribution in [-0.4, -0.2) is 37.0 Å². The van der Waals surface area contributed by atoms with Crippen molar-refractivity contribution in [3.8, 4) is 0 Å². The van der Waals surface area contributed by atoms with E-state index in [2.05, 4.69) is 51.8 Å². The van der Waals surface area contributed by atoms with Gasteiger partial charge < -0.3 is 10.2 Å². The summed E-state index contributed by atoms with van der Waals surface area (Å²) in [5.74, 6) is 0.986. The fourth-order valence-corrected chi connectivity index (χ4v) is 3.11. The summed E-state index contributed by atoms with van der Waals surface area (Å²) < 4.78 is 0. The first kappa shape index (κ1) is 17.5. The van der Waals surface area contributed by atoms with Gasteiger partial charge in [-0.15, -0.1) is 0 Å². The summed E-state index contributed by atoms with van der Waals surface area (Å²) in [5.41, 5.74) is 0.480. The number of nitrogens with zero attached hydrogens (tertiary/aromatic N) is 1. The van der Waals surface area contributed by atoms with Gasteiger partial charge in [-0.3, -0.25) is 4.79 Å². The maximum absolute atomic E-state index is 12.4. The lowest BCUT2D eigenvalue weighted by Crippen LogP contribution is -2.48. The number of hydrogen-bond acceptors (Lipinski definition) is 2. The molecule has 0 aromatic rings. The average molecular weight is 282 g/mol. The SMILES string of the molecule is CNC(CN1CCC(C(C)(C)C)CCC1=O)C(C)(C)C. The Morgan fingerprint density at radius 3 is 2.25 bits per heavy atom. The molecule has 3 heteroatoms. The molecule has 0 aromatic heterocycles. The molecule has 1 aliphatic heterocycles. The van der Waals surface area contributed by atoms with Crippen molar-refractivity contribution in [2.75, 3.05) is 20.1 Å². The van der Waals surface area contributed by atoms with E-state index in [1.54, 1.807) is 0 Å². The third kappa shape index (κ3) is 4.76. The van der Waals surface area contributed by atoms with Gasteiger partial charge in [0.1, 0.15) is 0 Å². The van der Waals surface area contributed by atoms with Gasteiger partial charge in [-0.1, -0.05) is 41.5 Å². The van der Waals surface area contributed by atoms with Crippen LogP contribution in [0.4, 0.5) is 0 Å². The van der Waals surface area contributed by atoms with Crippen molar-refractivity contribution >= 4 is 5.91 Å². The molecule has 118 valence electrons. The summed E-state index contributed by atoms with van der Waals surface area (Å²) >= 11 is 0. The van der Waals surface area contributed by atoms with Crippen molar-refractivity contribution in [2.45, 2.75) is 66.8 Å². The zero-order valence-corrected chi connectivity index (χ0v) is 14.5. The van der Waals surface area contributed by atoms with Gasteiger partial charge in [-0.2, -0.15) is 0 Å². The molecule has 0 bridgehead atoms. The molecule has 0 aromatic carbocycles. The van der Waals surface area contributed by atoms with Crippen LogP contribution in [0.5, 0.6) is 0 Å². The topological polar surface area (TPSA) is 32.3 Å². The smallest absolute Gasteiger partial charge is 0.222 e. The predicted molar refractivity (Wildman–Crippen MR) is 85.7 cm³/mol. The van der Waals surface area contributed by atoms with Crippen LogP contribution >= 0.6 is 0 Å². The van der Waals surface area contributed by atoms with Crippen molar-refractivity contribution < 1.29 is 4.79 Å². The van der Waals surface area contributed by atoms with Crippen LogP contribution in [0.15, 0.2) is 0 Å². The highest BCUT2D eigenvalue weighted by Gasteiger charge is 2.32. The number of carbonyl (C=O) groups is 1. The largest absolute Gasteiger partial charge is 0.341 e.